The highest BCUT2D eigenvalue weighted by atomic mass is 16.7. The van der Waals surface area contributed by atoms with Crippen molar-refractivity contribution in [1.29, 1.82) is 0 Å². The van der Waals surface area contributed by atoms with Crippen LogP contribution >= 0.6 is 0 Å². The number of ketones is 1. The van der Waals surface area contributed by atoms with Crippen LogP contribution in [0.3, 0.4) is 0 Å². The zero-order valence-electron chi connectivity index (χ0n) is 25.4. The molecule has 0 aliphatic heterocycles. The predicted molar refractivity (Wildman–Crippen MR) is 162 cm³/mol. The summed E-state index contributed by atoms with van der Waals surface area (Å²) in [6.45, 7) is 1.18. The molecule has 0 saturated carbocycles. The number of benzene rings is 3. The second-order valence-corrected chi connectivity index (χ2v) is 9.49. The van der Waals surface area contributed by atoms with Crippen molar-refractivity contribution in [3.63, 3.8) is 0 Å². The van der Waals surface area contributed by atoms with Crippen LogP contribution in [0, 0.1) is 0 Å². The van der Waals surface area contributed by atoms with Crippen LogP contribution in [-0.4, -0.2) is 60.3 Å². The minimum Gasteiger partial charge on any atom is -0.493 e. The number of fused-ring (bicyclic) bond motifs is 1. The van der Waals surface area contributed by atoms with Gasteiger partial charge in [-0.05, 0) is 47.0 Å². The molecular weight excluding hydrogens is 570 g/mol. The van der Waals surface area contributed by atoms with E-state index in [0.717, 1.165) is 5.56 Å². The van der Waals surface area contributed by atoms with Gasteiger partial charge in [0, 0.05) is 35.6 Å². The van der Waals surface area contributed by atoms with E-state index in [9.17, 15) is 14.4 Å². The second-order valence-electron chi connectivity index (χ2n) is 9.49. The number of carbonyl (C=O) groups excluding carboxylic acids is 3. The number of amides is 1. The van der Waals surface area contributed by atoms with E-state index in [1.807, 2.05) is 17.6 Å². The van der Waals surface area contributed by atoms with E-state index in [4.69, 9.17) is 28.4 Å². The first-order valence-corrected chi connectivity index (χ1v) is 13.4. The maximum Gasteiger partial charge on any atom is 0.329 e. The zero-order valence-corrected chi connectivity index (χ0v) is 25.4. The van der Waals surface area contributed by atoms with Gasteiger partial charge in [0.15, 0.2) is 28.8 Å². The van der Waals surface area contributed by atoms with Crippen LogP contribution in [0.2, 0.25) is 0 Å². The first-order valence-electron chi connectivity index (χ1n) is 13.4. The number of carbonyl (C=O) groups is 3. The lowest BCUT2D eigenvalue weighted by Crippen LogP contribution is -2.23. The Kier molecular flexibility index (Phi) is 9.79. The van der Waals surface area contributed by atoms with Gasteiger partial charge in [-0.1, -0.05) is 24.3 Å². The quantitative estimate of drug-likeness (QED) is 0.256. The molecule has 1 aliphatic carbocycles. The molecule has 0 heterocycles. The Bertz CT molecular complexity index is 1610. The summed E-state index contributed by atoms with van der Waals surface area (Å²) in [6.07, 6.45) is 4.60. The molecular formula is C33H33NO10. The molecule has 1 amide bonds. The smallest absolute Gasteiger partial charge is 0.329 e. The van der Waals surface area contributed by atoms with Gasteiger partial charge in [0.2, 0.25) is 11.5 Å². The molecule has 0 aromatic heterocycles. The Morgan fingerprint density at radius 2 is 1.27 bits per heavy atom. The lowest BCUT2D eigenvalue weighted by atomic mass is 9.87. The van der Waals surface area contributed by atoms with Crippen molar-refractivity contribution in [1.82, 2.24) is 5.48 Å². The first-order chi connectivity index (χ1) is 21.2. The molecule has 0 radical (unpaired) electrons. The van der Waals surface area contributed by atoms with E-state index in [1.54, 1.807) is 42.5 Å². The largest absolute Gasteiger partial charge is 0.493 e. The zero-order chi connectivity index (χ0) is 32.0. The fourth-order valence-corrected chi connectivity index (χ4v) is 5.07. The highest BCUT2D eigenvalue weighted by molar-refractivity contribution is 6.18. The molecule has 230 valence electrons. The maximum atomic E-state index is 14.1. The maximum absolute atomic E-state index is 14.1. The average Bonchev–Trinajstić information content (AvgIpc) is 3.31. The van der Waals surface area contributed by atoms with E-state index in [0.29, 0.717) is 62.3 Å². The monoisotopic (exact) mass is 603 g/mol. The van der Waals surface area contributed by atoms with Crippen molar-refractivity contribution >= 4 is 29.8 Å². The van der Waals surface area contributed by atoms with Crippen molar-refractivity contribution in [2.24, 2.45) is 0 Å². The van der Waals surface area contributed by atoms with Crippen LogP contribution < -0.4 is 33.9 Å². The summed E-state index contributed by atoms with van der Waals surface area (Å²) in [5, 5.41) is 0. The standard InChI is InChI=1S/C33H33NO10/c1-18(35)44-34-27(36)13-12-19-8-10-20(11-9-19)14-22-28(21-15-24(38-2)31(41-5)25(16-21)39-3)29-23(30(22)37)17-26(40-4)32(42-6)33(29)43-7/h8-17,28H,1-7H3,(H,34,36)/b13-12+,22-14-. The van der Waals surface area contributed by atoms with Crippen LogP contribution in [0.25, 0.3) is 12.2 Å². The number of methoxy groups -OCH3 is 6. The average molecular weight is 604 g/mol. The molecule has 1 aliphatic rings. The Morgan fingerprint density at radius 3 is 1.80 bits per heavy atom. The number of hydrogen-bond acceptors (Lipinski definition) is 10. The van der Waals surface area contributed by atoms with Crippen LogP contribution in [0.4, 0.5) is 0 Å². The topological polar surface area (TPSA) is 128 Å². The van der Waals surface area contributed by atoms with Gasteiger partial charge in [-0.25, -0.2) is 0 Å². The molecule has 1 atom stereocenters. The van der Waals surface area contributed by atoms with E-state index >= 15 is 0 Å². The number of nitrogens with one attached hydrogen (secondary N) is 1. The minimum absolute atomic E-state index is 0.218. The summed E-state index contributed by atoms with van der Waals surface area (Å²) in [5.74, 6) is 0.300. The molecule has 1 unspecified atom stereocenters. The number of rotatable bonds is 10. The summed E-state index contributed by atoms with van der Waals surface area (Å²) in [4.78, 5) is 41.3. The van der Waals surface area contributed by atoms with E-state index in [-0.39, 0.29) is 5.78 Å². The van der Waals surface area contributed by atoms with Crippen LogP contribution in [0.5, 0.6) is 34.5 Å². The predicted octanol–water partition coefficient (Wildman–Crippen LogP) is 4.76. The number of hydrogen-bond donors (Lipinski definition) is 1. The molecule has 0 saturated heterocycles. The summed E-state index contributed by atoms with van der Waals surface area (Å²) in [7, 11) is 9.07. The van der Waals surface area contributed by atoms with Gasteiger partial charge < -0.3 is 33.3 Å². The third-order valence-corrected chi connectivity index (χ3v) is 6.98. The lowest BCUT2D eigenvalue weighted by Gasteiger charge is -2.21. The molecule has 44 heavy (non-hydrogen) atoms. The Hall–Kier alpha value is -5.45. The van der Waals surface area contributed by atoms with Crippen LogP contribution in [0.15, 0.2) is 54.1 Å². The summed E-state index contributed by atoms with van der Waals surface area (Å²) >= 11 is 0. The summed E-state index contributed by atoms with van der Waals surface area (Å²) in [6, 6.07) is 12.5. The molecule has 1 N–H and O–H groups in total. The van der Waals surface area contributed by atoms with Gasteiger partial charge in [-0.3, -0.25) is 14.4 Å². The van der Waals surface area contributed by atoms with Gasteiger partial charge >= 0.3 is 5.97 Å². The third kappa shape index (κ3) is 6.17. The van der Waals surface area contributed by atoms with Crippen molar-refractivity contribution in [3.8, 4) is 34.5 Å². The van der Waals surface area contributed by atoms with Crippen molar-refractivity contribution < 1.29 is 47.6 Å². The number of Topliss-reactive ketones (excluding diaryl/α,β-unsaturated/α-hetero) is 1. The Labute approximate surface area is 254 Å². The van der Waals surface area contributed by atoms with Crippen molar-refractivity contribution in [2.45, 2.75) is 12.8 Å². The van der Waals surface area contributed by atoms with Gasteiger partial charge in [0.1, 0.15) is 0 Å². The number of ether oxygens (including phenoxy) is 6. The number of allylic oxidation sites excluding steroid dienone is 1. The Balaban J connectivity index is 1.86. The highest BCUT2D eigenvalue weighted by Gasteiger charge is 2.41. The van der Waals surface area contributed by atoms with Crippen LogP contribution in [0.1, 0.15) is 45.5 Å². The highest BCUT2D eigenvalue weighted by Crippen LogP contribution is 2.55. The van der Waals surface area contributed by atoms with E-state index in [1.165, 1.54) is 55.7 Å². The second kappa shape index (κ2) is 13.7. The van der Waals surface area contributed by atoms with Crippen molar-refractivity contribution in [3.05, 3.63) is 81.9 Å². The van der Waals surface area contributed by atoms with Gasteiger partial charge in [0.25, 0.3) is 5.91 Å². The number of hydroxylamine groups is 1. The normalized spacial score (nSPS) is 14.7. The molecule has 3 aromatic rings. The fraction of sp³-hybridized carbons (Fsp3) is 0.242. The molecule has 4 rings (SSSR count). The molecule has 3 aromatic carbocycles. The van der Waals surface area contributed by atoms with Crippen molar-refractivity contribution in [2.75, 3.05) is 42.7 Å². The first kappa shape index (κ1) is 31.5. The van der Waals surface area contributed by atoms with Gasteiger partial charge in [-0.2, -0.15) is 5.48 Å². The fourth-order valence-electron chi connectivity index (χ4n) is 5.07. The van der Waals surface area contributed by atoms with Gasteiger partial charge in [0.05, 0.1) is 42.7 Å². The van der Waals surface area contributed by atoms with Gasteiger partial charge in [-0.15, -0.1) is 0 Å². The SMILES string of the molecule is COc1cc(C2/C(=C/c3ccc(/C=C/C(=O)NOC(C)=O)cc3)C(=O)c3cc(OC)c(OC)c(OC)c32)cc(OC)c1OC. The summed E-state index contributed by atoms with van der Waals surface area (Å²) < 4.78 is 33.8. The molecule has 0 bridgehead atoms. The Morgan fingerprint density at radius 1 is 0.727 bits per heavy atom. The molecule has 0 fully saturated rings. The third-order valence-electron chi connectivity index (χ3n) is 6.98. The summed E-state index contributed by atoms with van der Waals surface area (Å²) in [5.41, 5.74) is 5.64. The minimum atomic E-state index is -0.632. The van der Waals surface area contributed by atoms with E-state index < -0.39 is 17.8 Å². The lowest BCUT2D eigenvalue weighted by molar-refractivity contribution is -0.154. The molecule has 11 heteroatoms. The van der Waals surface area contributed by atoms with Crippen LogP contribution in [-0.2, 0) is 14.4 Å². The molecule has 0 spiro atoms. The molecule has 11 nitrogen and oxygen atoms in total. The van der Waals surface area contributed by atoms with E-state index in [2.05, 4.69) is 4.84 Å².